The number of para-hydroxylation sites is 4. The highest BCUT2D eigenvalue weighted by atomic mass is 16.5. The maximum absolute atomic E-state index is 7.41. The van der Waals surface area contributed by atoms with Crippen molar-refractivity contribution in [1.82, 2.24) is 0 Å². The molecule has 0 aromatic heterocycles. The van der Waals surface area contributed by atoms with Gasteiger partial charge in [0.05, 0.1) is 12.2 Å². The molecule has 9 nitrogen and oxygen atoms in total. The third-order valence-corrected chi connectivity index (χ3v) is 11.9. The fraction of sp³-hybridized carbons (Fsp3) is 0.200. The van der Waals surface area contributed by atoms with Crippen LogP contribution in [0, 0.1) is 0 Å². The van der Waals surface area contributed by atoms with E-state index in [9.17, 15) is 0 Å². The summed E-state index contributed by atoms with van der Waals surface area (Å²) in [4.78, 5) is 0. The molecule has 0 saturated heterocycles. The molecule has 8 rings (SSSR count). The van der Waals surface area contributed by atoms with Gasteiger partial charge in [0.2, 0.25) is 0 Å². The van der Waals surface area contributed by atoms with Crippen molar-refractivity contribution in [1.29, 1.82) is 0 Å². The third kappa shape index (κ3) is 18.9. The van der Waals surface area contributed by atoms with Crippen LogP contribution in [0.25, 0.3) is 0 Å². The van der Waals surface area contributed by atoms with Crippen LogP contribution >= 0.6 is 0 Å². The summed E-state index contributed by atoms with van der Waals surface area (Å²) in [5, 5.41) is 13.6. The Labute approximate surface area is 435 Å². The molecular weight excluding hydrogens is 900 g/mol. The van der Waals surface area contributed by atoms with Gasteiger partial charge in [0.25, 0.3) is 0 Å². The van der Waals surface area contributed by atoms with E-state index in [0.29, 0.717) is 65.4 Å². The van der Waals surface area contributed by atoms with Crippen molar-refractivity contribution >= 4 is 74.5 Å². The van der Waals surface area contributed by atoms with E-state index < -0.39 is 0 Å². The topological polar surface area (TPSA) is 94.3 Å². The second kappa shape index (κ2) is 30.1. The van der Waals surface area contributed by atoms with Gasteiger partial charge in [-0.25, -0.2) is 0 Å². The van der Waals surface area contributed by atoms with Crippen LogP contribution in [0.5, 0.6) is 0 Å². The number of ether oxygens (including phenoxy) is 1. The monoisotopic (exact) mass is 963 g/mol. The third-order valence-electron chi connectivity index (χ3n) is 11.9. The van der Waals surface area contributed by atoms with Gasteiger partial charge in [0.15, 0.2) is 0 Å². The summed E-state index contributed by atoms with van der Waals surface area (Å²) in [6.07, 6.45) is 0.660. The Morgan fingerprint density at radius 2 is 0.603 bits per heavy atom. The summed E-state index contributed by atoms with van der Waals surface area (Å²) in [7, 11) is 7.31. The lowest BCUT2D eigenvalue weighted by Gasteiger charge is -2.27. The van der Waals surface area contributed by atoms with Gasteiger partial charge in [0, 0.05) is 88.2 Å². The second-order valence-electron chi connectivity index (χ2n) is 17.5. The minimum absolute atomic E-state index is 0.303. The molecule has 73 heavy (non-hydrogen) atoms. The van der Waals surface area contributed by atoms with Crippen molar-refractivity contribution in [2.45, 2.75) is 25.0 Å². The van der Waals surface area contributed by atoms with Gasteiger partial charge in [-0.05, 0) is 70.8 Å². The van der Waals surface area contributed by atoms with E-state index in [0.717, 1.165) is 66.9 Å². The molecule has 4 radical (unpaired) electrons. The van der Waals surface area contributed by atoms with Crippen molar-refractivity contribution in [2.75, 3.05) is 73.9 Å². The first-order valence-electron chi connectivity index (χ1n) is 25.2. The number of nitrogens with one attached hydrogen (secondary N) is 4. The minimum Gasteiger partial charge on any atom is -0.432 e. The summed E-state index contributed by atoms with van der Waals surface area (Å²) < 4.78 is 31.4. The molecule has 0 spiro atoms. The zero-order valence-electron chi connectivity index (χ0n) is 41.4. The highest BCUT2D eigenvalue weighted by molar-refractivity contribution is 6.48. The fourth-order valence-corrected chi connectivity index (χ4v) is 8.14. The molecule has 4 N–H and O–H groups in total. The van der Waals surface area contributed by atoms with Crippen LogP contribution in [0.1, 0.15) is 34.5 Å². The molecule has 0 bridgehead atoms. The van der Waals surface area contributed by atoms with E-state index in [1.165, 1.54) is 0 Å². The Morgan fingerprint density at radius 3 is 0.918 bits per heavy atom. The molecule has 0 heterocycles. The molecule has 13 heteroatoms. The molecule has 0 aliphatic rings. The molecule has 0 saturated carbocycles. The van der Waals surface area contributed by atoms with Gasteiger partial charge in [-0.2, -0.15) is 0 Å². The van der Waals surface area contributed by atoms with Crippen molar-refractivity contribution in [3.63, 3.8) is 0 Å². The first kappa shape index (κ1) is 52.3. The zero-order chi connectivity index (χ0) is 49.8. The minimum atomic E-state index is -0.303. The van der Waals surface area contributed by atoms with Crippen LogP contribution in [-0.2, 0) is 36.2 Å². The van der Waals surface area contributed by atoms with Crippen LogP contribution in [0.2, 0.25) is 0 Å². The first-order chi connectivity index (χ1) is 36.2. The van der Waals surface area contributed by atoms with Crippen LogP contribution in [0.3, 0.4) is 0 Å². The standard InChI is InChI=1S/C60H62B4N4O5/c1-5-19-55(20-6-1)65-35-39-69-61-51-31-27-49(28-32-51)59(45-47-15-13-17-53(43-47)63-71-41-37-67-57-23-9-3-10-24-57)73-60(50-29-33-52(34-30-50)62-70-40-36-66-56-21-7-2-8-22-56)46-48-16-14-18-54(44-48)64-72-42-38-68-58-25-11-4-12-26-58/h1-34,43-44,59-60,65-68H,35-42,45-46H2. The summed E-state index contributed by atoms with van der Waals surface area (Å²) in [6.45, 7) is 4.92. The van der Waals surface area contributed by atoms with Crippen molar-refractivity contribution in [2.24, 2.45) is 0 Å². The van der Waals surface area contributed by atoms with Gasteiger partial charge in [-0.1, -0.05) is 192 Å². The summed E-state index contributed by atoms with van der Waals surface area (Å²) in [6, 6.07) is 74.6. The summed E-state index contributed by atoms with van der Waals surface area (Å²) >= 11 is 0. The van der Waals surface area contributed by atoms with E-state index in [2.05, 4.69) is 167 Å². The lowest BCUT2D eigenvalue weighted by molar-refractivity contribution is -0.0148. The predicted molar refractivity (Wildman–Crippen MR) is 305 cm³/mol. The molecule has 0 amide bonds. The van der Waals surface area contributed by atoms with Crippen molar-refractivity contribution in [3.05, 3.63) is 241 Å². The number of hydrogen-bond acceptors (Lipinski definition) is 9. The van der Waals surface area contributed by atoms with E-state index in [1.807, 2.05) is 103 Å². The molecule has 0 aliphatic carbocycles. The maximum atomic E-state index is 7.41. The normalized spacial score (nSPS) is 11.7. The summed E-state index contributed by atoms with van der Waals surface area (Å²) in [5.41, 5.74) is 12.6. The molecule has 0 aliphatic heterocycles. The van der Waals surface area contributed by atoms with Crippen molar-refractivity contribution in [3.8, 4) is 0 Å². The van der Waals surface area contributed by atoms with Crippen molar-refractivity contribution < 1.29 is 23.4 Å². The lowest BCUT2D eigenvalue weighted by atomic mass is 9.84. The Hall–Kier alpha value is -6.98. The predicted octanol–water partition coefficient (Wildman–Crippen LogP) is 8.46. The Bertz CT molecular complexity index is 2560. The highest BCUT2D eigenvalue weighted by Crippen LogP contribution is 2.32. The average Bonchev–Trinajstić information content (AvgIpc) is 3.44. The Morgan fingerprint density at radius 1 is 0.301 bits per heavy atom. The molecule has 8 aromatic carbocycles. The van der Waals surface area contributed by atoms with E-state index in [-0.39, 0.29) is 12.2 Å². The van der Waals surface area contributed by atoms with Gasteiger partial charge in [-0.15, -0.1) is 0 Å². The lowest BCUT2D eigenvalue weighted by Crippen LogP contribution is -2.23. The molecule has 8 aromatic rings. The average molecular weight is 962 g/mol. The molecule has 0 fully saturated rings. The van der Waals surface area contributed by atoms with Crippen LogP contribution in [0.15, 0.2) is 218 Å². The second-order valence-corrected chi connectivity index (χ2v) is 17.5. The Kier molecular flexibility index (Phi) is 21.6. The van der Waals surface area contributed by atoms with E-state index >= 15 is 0 Å². The highest BCUT2D eigenvalue weighted by Gasteiger charge is 2.23. The number of hydrogen-bond donors (Lipinski definition) is 4. The van der Waals surface area contributed by atoms with Crippen LogP contribution < -0.4 is 43.1 Å². The molecule has 2 unspecified atom stereocenters. The van der Waals surface area contributed by atoms with Gasteiger partial charge in [-0.3, -0.25) is 0 Å². The first-order valence-corrected chi connectivity index (χ1v) is 25.2. The quantitative estimate of drug-likeness (QED) is 0.0245. The van der Waals surface area contributed by atoms with Gasteiger partial charge >= 0.3 is 29.9 Å². The van der Waals surface area contributed by atoms with E-state index in [1.54, 1.807) is 0 Å². The SMILES string of the molecule is [B](OCCNc1ccccc1)c1ccc(C(Cc2cccc([B]OCCNc3ccccc3)c2)OC(Cc2cccc([B]OCCNc3ccccc3)c2)c2ccc([B]OCCNc3ccccc3)cc2)cc1. The summed E-state index contributed by atoms with van der Waals surface area (Å²) in [5.74, 6) is 0. The number of rotatable bonds is 32. The molecular formula is C60H62B4N4O5. The largest absolute Gasteiger partial charge is 0.432 e. The van der Waals surface area contributed by atoms with Crippen LogP contribution in [-0.4, -0.2) is 82.5 Å². The smallest absolute Gasteiger partial charge is 0.330 e. The number of anilines is 4. The molecule has 2 atom stereocenters. The Balaban J connectivity index is 0.965. The zero-order valence-corrected chi connectivity index (χ0v) is 41.4. The van der Waals surface area contributed by atoms with E-state index in [4.69, 9.17) is 23.4 Å². The number of benzene rings is 8. The van der Waals surface area contributed by atoms with Gasteiger partial charge < -0.3 is 44.6 Å². The molecule has 364 valence electrons. The van der Waals surface area contributed by atoms with Gasteiger partial charge in [0.1, 0.15) is 0 Å². The maximum Gasteiger partial charge on any atom is 0.330 e. The fourth-order valence-electron chi connectivity index (χ4n) is 8.14. The van der Waals surface area contributed by atoms with Crippen LogP contribution in [0.4, 0.5) is 22.7 Å².